The summed E-state index contributed by atoms with van der Waals surface area (Å²) in [7, 11) is 0. The lowest BCUT2D eigenvalue weighted by atomic mass is 9.78. The maximum atomic E-state index is 11.1. The molecule has 0 bridgehead atoms. The number of hydrogen-bond acceptors (Lipinski definition) is 3. The predicted molar refractivity (Wildman–Crippen MR) is 66.8 cm³/mol. The van der Waals surface area contributed by atoms with Crippen LogP contribution in [0.3, 0.4) is 0 Å². The molecule has 0 amide bonds. The number of aromatic hydroxyl groups is 1. The zero-order valence-corrected chi connectivity index (χ0v) is 11.4. The quantitative estimate of drug-likeness (QED) is 0.796. The number of phenols is 1. The third-order valence-electron chi connectivity index (χ3n) is 3.37. The molecule has 0 unspecified atom stereocenters. The van der Waals surface area contributed by atoms with E-state index in [0.29, 0.717) is 0 Å². The first-order chi connectivity index (χ1) is 8.25. The zero-order chi connectivity index (χ0) is 14.0. The standard InChI is InChI=1S/C14H21NO3/c1-7(2)11(13(15)14(17)18)12-8(3)5-10(16)6-9(12)4/h5-7,11,13,16H,15H2,1-4H3,(H,17,18)/t11-,13-/m1/s1. The van der Waals surface area contributed by atoms with Crippen molar-refractivity contribution in [2.24, 2.45) is 5.92 Å². The van der Waals surface area contributed by atoms with Gasteiger partial charge in [0, 0.05) is 5.92 Å². The van der Waals surface area contributed by atoms with Crippen LogP contribution in [-0.2, 0) is 4.79 Å². The van der Waals surface area contributed by atoms with Crippen LogP contribution < -0.4 is 10.8 Å². The Morgan fingerprint density at radius 1 is 1.28 bits per heavy atom. The molecule has 100 valence electrons. The second-order valence-corrected chi connectivity index (χ2v) is 5.19. The van der Waals surface area contributed by atoms with Crippen LogP contribution in [0.25, 0.3) is 0 Å². The molecular formula is C14H21NO3. The molecule has 0 saturated heterocycles. The van der Waals surface area contributed by atoms with E-state index in [-0.39, 0.29) is 17.6 Å². The Morgan fingerprint density at radius 2 is 1.72 bits per heavy atom. The van der Waals surface area contributed by atoms with E-state index >= 15 is 0 Å². The summed E-state index contributed by atoms with van der Waals surface area (Å²) in [4.78, 5) is 11.1. The van der Waals surface area contributed by atoms with Gasteiger partial charge in [0.25, 0.3) is 0 Å². The molecule has 0 aromatic heterocycles. The van der Waals surface area contributed by atoms with Gasteiger partial charge in [-0.2, -0.15) is 0 Å². The molecular weight excluding hydrogens is 230 g/mol. The molecule has 1 aromatic rings. The third-order valence-corrected chi connectivity index (χ3v) is 3.37. The van der Waals surface area contributed by atoms with Crippen molar-refractivity contribution < 1.29 is 20.7 Å². The fourth-order valence-electron chi connectivity index (χ4n) is 2.62. The fraction of sp³-hybridized carbons (Fsp3) is 0.500. The van der Waals surface area contributed by atoms with E-state index in [1.807, 2.05) is 27.7 Å². The maximum Gasteiger partial charge on any atom is 0.132 e. The number of carbonyl (C=O) groups excluding carboxylic acids is 1. The highest BCUT2D eigenvalue weighted by Crippen LogP contribution is 2.33. The maximum absolute atomic E-state index is 11.1. The SMILES string of the molecule is Cc1cc(O)cc(C)c1[C@@H](C(C)C)[C@@H]([NH3+])C(=O)[O-]. The van der Waals surface area contributed by atoms with Gasteiger partial charge in [0.2, 0.25) is 0 Å². The fourth-order valence-corrected chi connectivity index (χ4v) is 2.62. The second-order valence-electron chi connectivity index (χ2n) is 5.19. The zero-order valence-electron chi connectivity index (χ0n) is 11.4. The molecule has 0 aliphatic heterocycles. The van der Waals surface area contributed by atoms with E-state index in [0.717, 1.165) is 16.7 Å². The summed E-state index contributed by atoms with van der Waals surface area (Å²) in [6.07, 6.45) is 0. The highest BCUT2D eigenvalue weighted by Gasteiger charge is 2.29. The van der Waals surface area contributed by atoms with Crippen molar-refractivity contribution in [2.45, 2.75) is 39.7 Å². The number of benzene rings is 1. The number of quaternary nitrogens is 1. The van der Waals surface area contributed by atoms with Crippen molar-refractivity contribution in [3.63, 3.8) is 0 Å². The molecule has 4 nitrogen and oxygen atoms in total. The van der Waals surface area contributed by atoms with Gasteiger partial charge in [-0.3, -0.25) is 0 Å². The summed E-state index contributed by atoms with van der Waals surface area (Å²) in [5.74, 6) is -1.02. The minimum Gasteiger partial charge on any atom is -0.544 e. The average Bonchev–Trinajstić information content (AvgIpc) is 2.21. The number of carboxylic acid groups (broad SMARTS) is 1. The summed E-state index contributed by atoms with van der Waals surface area (Å²) in [6.45, 7) is 7.69. The van der Waals surface area contributed by atoms with E-state index < -0.39 is 12.0 Å². The van der Waals surface area contributed by atoms with Crippen molar-refractivity contribution in [2.75, 3.05) is 0 Å². The van der Waals surface area contributed by atoms with Crippen LogP contribution in [-0.4, -0.2) is 17.1 Å². The first-order valence-electron chi connectivity index (χ1n) is 6.09. The van der Waals surface area contributed by atoms with Gasteiger partial charge >= 0.3 is 0 Å². The van der Waals surface area contributed by atoms with E-state index in [2.05, 4.69) is 5.73 Å². The van der Waals surface area contributed by atoms with Crippen LogP contribution in [0.4, 0.5) is 0 Å². The molecule has 1 aromatic carbocycles. The summed E-state index contributed by atoms with van der Waals surface area (Å²) >= 11 is 0. The topological polar surface area (TPSA) is 88.0 Å². The van der Waals surface area contributed by atoms with Gasteiger partial charge in [0.15, 0.2) is 0 Å². The molecule has 4 N–H and O–H groups in total. The van der Waals surface area contributed by atoms with Gasteiger partial charge in [-0.1, -0.05) is 13.8 Å². The van der Waals surface area contributed by atoms with Crippen LogP contribution in [0, 0.1) is 19.8 Å². The minimum atomic E-state index is -1.14. The summed E-state index contributed by atoms with van der Waals surface area (Å²) in [5, 5.41) is 20.6. The minimum absolute atomic E-state index is 0.132. The molecule has 0 fully saturated rings. The third kappa shape index (κ3) is 2.82. The van der Waals surface area contributed by atoms with E-state index in [1.165, 1.54) is 0 Å². The lowest BCUT2D eigenvalue weighted by molar-refractivity contribution is -0.444. The van der Waals surface area contributed by atoms with Gasteiger partial charge in [-0.25, -0.2) is 0 Å². The molecule has 4 heteroatoms. The Kier molecular flexibility index (Phi) is 4.35. The van der Waals surface area contributed by atoms with Crippen LogP contribution in [0.5, 0.6) is 5.75 Å². The van der Waals surface area contributed by atoms with Crippen LogP contribution in [0.1, 0.15) is 36.5 Å². The first kappa shape index (κ1) is 14.5. The Hall–Kier alpha value is -1.55. The monoisotopic (exact) mass is 251 g/mol. The van der Waals surface area contributed by atoms with Gasteiger partial charge in [0.1, 0.15) is 11.8 Å². The molecule has 1 rings (SSSR count). The van der Waals surface area contributed by atoms with Crippen molar-refractivity contribution in [1.29, 1.82) is 0 Å². The van der Waals surface area contributed by atoms with Gasteiger partial charge in [0.05, 0.1) is 5.97 Å². The van der Waals surface area contributed by atoms with Crippen molar-refractivity contribution in [1.82, 2.24) is 0 Å². The van der Waals surface area contributed by atoms with Gasteiger partial charge < -0.3 is 20.7 Å². The normalized spacial score (nSPS) is 14.6. The number of rotatable bonds is 4. The van der Waals surface area contributed by atoms with E-state index in [9.17, 15) is 15.0 Å². The molecule has 0 heterocycles. The average molecular weight is 251 g/mol. The summed E-state index contributed by atoms with van der Waals surface area (Å²) in [5.41, 5.74) is 6.45. The lowest BCUT2D eigenvalue weighted by Crippen LogP contribution is -2.71. The van der Waals surface area contributed by atoms with Crippen molar-refractivity contribution in [3.05, 3.63) is 28.8 Å². The molecule has 2 atom stereocenters. The van der Waals surface area contributed by atoms with E-state index in [4.69, 9.17) is 0 Å². The number of phenolic OH excluding ortho intramolecular Hbond substituents is 1. The molecule has 0 saturated carbocycles. The molecule has 0 spiro atoms. The number of hydrogen-bond donors (Lipinski definition) is 2. The molecule has 0 aliphatic rings. The molecule has 0 radical (unpaired) electrons. The van der Waals surface area contributed by atoms with Crippen molar-refractivity contribution in [3.8, 4) is 5.75 Å². The number of aryl methyl sites for hydroxylation is 2. The van der Waals surface area contributed by atoms with Gasteiger partial charge in [-0.05, 0) is 48.6 Å². The molecule has 0 aliphatic carbocycles. The first-order valence-corrected chi connectivity index (χ1v) is 6.09. The number of carboxylic acids is 1. The summed E-state index contributed by atoms with van der Waals surface area (Å²) < 4.78 is 0. The predicted octanol–water partition coefficient (Wildman–Crippen LogP) is 0.109. The Labute approximate surface area is 107 Å². The Morgan fingerprint density at radius 3 is 2.06 bits per heavy atom. The van der Waals surface area contributed by atoms with Crippen molar-refractivity contribution >= 4 is 5.97 Å². The van der Waals surface area contributed by atoms with Crippen LogP contribution in [0.2, 0.25) is 0 Å². The summed E-state index contributed by atoms with van der Waals surface area (Å²) in [6, 6.07) is 2.51. The Balaban J connectivity index is 3.35. The lowest BCUT2D eigenvalue weighted by Gasteiger charge is -2.28. The number of aliphatic carboxylic acids is 1. The highest BCUT2D eigenvalue weighted by atomic mass is 16.4. The smallest absolute Gasteiger partial charge is 0.132 e. The number of carbonyl (C=O) groups is 1. The second kappa shape index (κ2) is 5.40. The largest absolute Gasteiger partial charge is 0.544 e. The van der Waals surface area contributed by atoms with Gasteiger partial charge in [-0.15, -0.1) is 0 Å². The molecule has 18 heavy (non-hydrogen) atoms. The van der Waals surface area contributed by atoms with Crippen LogP contribution in [0.15, 0.2) is 12.1 Å². The Bertz CT molecular complexity index is 431. The van der Waals surface area contributed by atoms with E-state index in [1.54, 1.807) is 12.1 Å². The van der Waals surface area contributed by atoms with Crippen LogP contribution >= 0.6 is 0 Å². The highest BCUT2D eigenvalue weighted by molar-refractivity contribution is 5.71.